The van der Waals surface area contributed by atoms with E-state index in [1.165, 1.54) is 6.33 Å². The number of ether oxygens (including phenoxy) is 5. The monoisotopic (exact) mass is 912 g/mol. The molecule has 1 saturated heterocycles. The number of rotatable bonds is 12. The lowest BCUT2D eigenvalue weighted by Crippen LogP contribution is -2.48. The average molecular weight is 914 g/mol. The number of halogens is 1. The van der Waals surface area contributed by atoms with Crippen molar-refractivity contribution in [3.63, 3.8) is 0 Å². The van der Waals surface area contributed by atoms with Gasteiger partial charge in [-0.25, -0.2) is 14.6 Å². The van der Waals surface area contributed by atoms with E-state index >= 15 is 0 Å². The van der Waals surface area contributed by atoms with Crippen molar-refractivity contribution < 1.29 is 37.7 Å². The Bertz CT molecular complexity index is 2410. The molecule has 0 radical (unpaired) electrons. The number of carbonyl (C=O) groups excluding carboxylic acids is 2. The number of fused-ring (bicyclic) bond motifs is 1. The van der Waals surface area contributed by atoms with Crippen molar-refractivity contribution in [1.29, 1.82) is 0 Å². The van der Waals surface area contributed by atoms with E-state index in [0.29, 0.717) is 10.6 Å². The maximum Gasteiger partial charge on any atom is 0.425 e. The summed E-state index contributed by atoms with van der Waals surface area (Å²) in [5.41, 5.74) is 9.57. The minimum atomic E-state index is -2.67. The first-order valence-corrected chi connectivity index (χ1v) is 24.2. The van der Waals surface area contributed by atoms with Gasteiger partial charge >= 0.3 is 12.2 Å². The fourth-order valence-electron chi connectivity index (χ4n) is 7.13. The Hall–Kier alpha value is -5.55. The van der Waals surface area contributed by atoms with Crippen LogP contribution in [0.25, 0.3) is 21.6 Å². The highest BCUT2D eigenvalue weighted by atomic mass is 35.5. The van der Waals surface area contributed by atoms with Crippen LogP contribution in [0.1, 0.15) is 85.2 Å². The van der Waals surface area contributed by atoms with Gasteiger partial charge in [0, 0.05) is 4.91 Å². The van der Waals surface area contributed by atoms with Crippen LogP contribution in [-0.4, -0.2) is 83.2 Å². The number of hydrogen-bond acceptors (Lipinski definition) is 12. The number of nitrogens with zero attached hydrogens (tertiary/aromatic N) is 8. The quantitative estimate of drug-likeness (QED) is 0.0290. The molecule has 2 aromatic heterocycles. The van der Waals surface area contributed by atoms with E-state index in [4.69, 9.17) is 39.7 Å². The molecule has 0 aliphatic carbocycles. The second-order valence-corrected chi connectivity index (χ2v) is 24.1. The molecule has 16 nitrogen and oxygen atoms in total. The summed E-state index contributed by atoms with van der Waals surface area (Å²) in [6.45, 7) is 20.4. The third-order valence-electron chi connectivity index (χ3n) is 11.1. The van der Waals surface area contributed by atoms with Crippen LogP contribution in [-0.2, 0) is 29.0 Å². The Morgan fingerprint density at radius 2 is 1.38 bits per heavy atom. The summed E-state index contributed by atoms with van der Waals surface area (Å²) < 4.78 is 39.8. The minimum Gasteiger partial charge on any atom is -0.497 e. The highest BCUT2D eigenvalue weighted by molar-refractivity contribution is 6.74. The number of hydrogen-bond donors (Lipinski definition) is 0. The van der Waals surface area contributed by atoms with Crippen LogP contribution in [0.2, 0.25) is 23.4 Å². The molecule has 1 fully saturated rings. The molecular formula is C46H57ClN8O8Si. The van der Waals surface area contributed by atoms with Gasteiger partial charge in [0.05, 0.1) is 32.2 Å². The highest BCUT2D eigenvalue weighted by Crippen LogP contribution is 2.46. The molecule has 4 atom stereocenters. The van der Waals surface area contributed by atoms with Gasteiger partial charge in [-0.2, -0.15) is 14.9 Å². The molecule has 1 aliphatic heterocycles. The van der Waals surface area contributed by atoms with Crippen molar-refractivity contribution in [2.75, 3.05) is 18.6 Å². The van der Waals surface area contributed by atoms with Crippen molar-refractivity contribution in [2.45, 2.75) is 122 Å². The molecule has 0 N–H and O–H groups in total. The van der Waals surface area contributed by atoms with Crippen molar-refractivity contribution >= 4 is 49.1 Å². The molecule has 6 rings (SSSR count). The fraction of sp³-hybridized carbons (Fsp3) is 0.457. The first-order valence-electron chi connectivity index (χ1n) is 20.9. The molecule has 0 spiro atoms. The molecule has 0 unspecified atom stereocenters. The van der Waals surface area contributed by atoms with E-state index in [1.807, 2.05) is 84.9 Å². The molecular weight excluding hydrogens is 856 g/mol. The molecule has 3 aromatic carbocycles. The van der Waals surface area contributed by atoms with Gasteiger partial charge in [0.1, 0.15) is 28.7 Å². The molecule has 18 heteroatoms. The first-order chi connectivity index (χ1) is 30.0. The van der Waals surface area contributed by atoms with Gasteiger partial charge < -0.3 is 28.1 Å². The Morgan fingerprint density at radius 1 is 0.844 bits per heavy atom. The molecule has 0 saturated carbocycles. The zero-order valence-corrected chi connectivity index (χ0v) is 40.2. The average Bonchev–Trinajstić information content (AvgIpc) is 3.78. The van der Waals surface area contributed by atoms with E-state index < -0.39 is 61.8 Å². The highest BCUT2D eigenvalue weighted by Gasteiger charge is 2.52. The smallest absolute Gasteiger partial charge is 0.425 e. The van der Waals surface area contributed by atoms with E-state index in [0.717, 1.165) is 16.7 Å². The van der Waals surface area contributed by atoms with E-state index in [1.54, 1.807) is 53.2 Å². The topological polar surface area (TPSA) is 185 Å². The number of imidazole rings is 1. The number of anilines is 1. The summed E-state index contributed by atoms with van der Waals surface area (Å²) in [7, 11) is -1.06. The van der Waals surface area contributed by atoms with Gasteiger partial charge in [-0.05, 0) is 106 Å². The van der Waals surface area contributed by atoms with Crippen molar-refractivity contribution in [3.05, 3.63) is 124 Å². The Kier molecular flexibility index (Phi) is 13.9. The summed E-state index contributed by atoms with van der Waals surface area (Å²) in [5, 5.41) is 3.74. The maximum absolute atomic E-state index is 13.8. The van der Waals surface area contributed by atoms with E-state index in [9.17, 15) is 15.1 Å². The molecule has 64 heavy (non-hydrogen) atoms. The Labute approximate surface area is 379 Å². The van der Waals surface area contributed by atoms with Crippen molar-refractivity contribution in [1.82, 2.24) is 19.5 Å². The normalized spacial score (nSPS) is 18.3. The van der Waals surface area contributed by atoms with E-state index in [-0.39, 0.29) is 33.9 Å². The predicted octanol–water partition coefficient (Wildman–Crippen LogP) is 11.1. The minimum absolute atomic E-state index is 0.00232. The summed E-state index contributed by atoms with van der Waals surface area (Å²) in [6, 6.07) is 26.4. The number of amides is 2. The van der Waals surface area contributed by atoms with Gasteiger partial charge in [0.15, 0.2) is 31.5 Å². The number of azide groups is 1. The molecule has 5 aromatic rings. The fourth-order valence-corrected chi connectivity index (χ4v) is 8.58. The van der Waals surface area contributed by atoms with Crippen molar-refractivity contribution in [3.8, 4) is 5.75 Å². The number of carbonyl (C=O) groups is 2. The zero-order chi connectivity index (χ0) is 46.8. The molecule has 3 heterocycles. The number of methoxy groups -OCH3 is 1. The maximum atomic E-state index is 13.8. The third kappa shape index (κ3) is 10.2. The van der Waals surface area contributed by atoms with Gasteiger partial charge in [-0.1, -0.05) is 98.7 Å². The Balaban J connectivity index is 1.51. The summed E-state index contributed by atoms with van der Waals surface area (Å²) >= 11 is 6.63. The number of aromatic nitrogens is 4. The van der Waals surface area contributed by atoms with E-state index in [2.05, 4.69) is 58.8 Å². The van der Waals surface area contributed by atoms with Crippen LogP contribution >= 0.6 is 11.6 Å². The molecule has 340 valence electrons. The SMILES string of the molecule is COc1ccc(C(OC[C@H]2O[C@@H](n3cnc4c(N(C(=O)OC(C)(C)C)C(=O)OC(C)(C)C)nc(Cl)nc43)[C@H](O[Si](C)(C)C(C)(C)C)[C@@H]2N=[N+]=[N-])(c2ccccc2)c2ccccc2)cc1. The van der Waals surface area contributed by atoms with Gasteiger partial charge in [-0.15, -0.1) is 0 Å². The Morgan fingerprint density at radius 3 is 1.86 bits per heavy atom. The van der Waals surface area contributed by atoms with Crippen molar-refractivity contribution in [2.24, 2.45) is 5.11 Å². The molecule has 0 bridgehead atoms. The second kappa shape index (κ2) is 18.5. The second-order valence-electron chi connectivity index (χ2n) is 19.0. The number of benzene rings is 3. The summed E-state index contributed by atoms with van der Waals surface area (Å²) in [4.78, 5) is 45.1. The lowest BCUT2D eigenvalue weighted by molar-refractivity contribution is -0.0851. The van der Waals surface area contributed by atoms with Gasteiger partial charge in [0.25, 0.3) is 0 Å². The first kappa shape index (κ1) is 47.9. The van der Waals surface area contributed by atoms with Crippen LogP contribution in [0, 0.1) is 0 Å². The van der Waals surface area contributed by atoms with Crippen LogP contribution < -0.4 is 9.64 Å². The molecule has 2 amide bonds. The van der Waals surface area contributed by atoms with Crippen LogP contribution in [0.5, 0.6) is 5.75 Å². The van der Waals surface area contributed by atoms with Gasteiger partial charge in [-0.3, -0.25) is 4.57 Å². The zero-order valence-electron chi connectivity index (χ0n) is 38.4. The molecule has 1 aliphatic rings. The predicted molar refractivity (Wildman–Crippen MR) is 246 cm³/mol. The lowest BCUT2D eigenvalue weighted by atomic mass is 9.80. The standard InChI is InChI=1S/C46H57ClN8O8Si/c1-43(2,3)61-41(56)55(42(57)62-44(4,5)6)38-35-37(50-40(47)51-38)54(28-49-35)39-36(63-64(11,12)45(7,8)9)34(52-53-48)33(60-39)27-59-46(29-19-15-13-16-20-29,30-21-17-14-18-22-30)31-23-25-32(58-10)26-24-31/h13-26,28,33-34,36,39H,27H2,1-12H3/t33-,34-,36-,39-/m1/s1. The largest absolute Gasteiger partial charge is 0.497 e. The van der Waals surface area contributed by atoms with Gasteiger partial charge in [0.2, 0.25) is 5.28 Å². The van der Waals surface area contributed by atoms with Crippen LogP contribution in [0.4, 0.5) is 15.4 Å². The lowest BCUT2D eigenvalue weighted by Gasteiger charge is -2.40. The number of imide groups is 1. The third-order valence-corrected chi connectivity index (χ3v) is 15.7. The summed E-state index contributed by atoms with van der Waals surface area (Å²) in [6.07, 6.45) is -3.59. The van der Waals surface area contributed by atoms with Crippen LogP contribution in [0.3, 0.4) is 0 Å². The summed E-state index contributed by atoms with van der Waals surface area (Å²) in [5.74, 6) is 0.397. The van der Waals surface area contributed by atoms with Crippen LogP contribution in [0.15, 0.2) is 96.4 Å².